The summed E-state index contributed by atoms with van der Waals surface area (Å²) in [5, 5.41) is 0. The smallest absolute Gasteiger partial charge is 0.222 e. The number of likely N-dealkylation sites (tertiary alicyclic amines) is 1. The van der Waals surface area contributed by atoms with E-state index in [1.165, 1.54) is 0 Å². The van der Waals surface area contributed by atoms with E-state index in [-0.39, 0.29) is 0 Å². The lowest BCUT2D eigenvalue weighted by Gasteiger charge is -2.32. The predicted octanol–water partition coefficient (Wildman–Crippen LogP) is 2.67. The summed E-state index contributed by atoms with van der Waals surface area (Å²) < 4.78 is 5.59. The lowest BCUT2D eigenvalue weighted by Crippen LogP contribution is -2.41. The first kappa shape index (κ1) is 14.8. The third-order valence-electron chi connectivity index (χ3n) is 3.16. The van der Waals surface area contributed by atoms with Crippen LogP contribution in [0.4, 0.5) is 0 Å². The first-order chi connectivity index (χ1) is 8.13. The van der Waals surface area contributed by atoms with Crippen LogP contribution >= 0.6 is 11.6 Å². The highest BCUT2D eigenvalue weighted by molar-refractivity contribution is 6.17. The number of carbonyl (C=O) groups is 1. The Morgan fingerprint density at radius 2 is 2.06 bits per heavy atom. The standard InChI is InChI=1S/C13H24ClNO2/c1-11(2)3-4-13(16)15-8-5-12(6-9-15)17-10-7-14/h11-12H,3-10H2,1-2H3. The van der Waals surface area contributed by atoms with E-state index in [1.54, 1.807) is 0 Å². The summed E-state index contributed by atoms with van der Waals surface area (Å²) in [6.45, 7) is 6.60. The molecular formula is C13H24ClNO2. The van der Waals surface area contributed by atoms with Gasteiger partial charge in [-0.1, -0.05) is 13.8 Å². The third-order valence-corrected chi connectivity index (χ3v) is 3.32. The Kier molecular flexibility index (Phi) is 6.90. The summed E-state index contributed by atoms with van der Waals surface area (Å²) in [6.07, 6.45) is 3.86. The van der Waals surface area contributed by atoms with Gasteiger partial charge < -0.3 is 9.64 Å². The van der Waals surface area contributed by atoms with Crippen molar-refractivity contribution < 1.29 is 9.53 Å². The molecule has 1 amide bonds. The number of rotatable bonds is 6. The van der Waals surface area contributed by atoms with Gasteiger partial charge in [0.25, 0.3) is 0 Å². The van der Waals surface area contributed by atoms with Gasteiger partial charge in [-0.2, -0.15) is 0 Å². The Bertz CT molecular complexity index is 225. The number of hydrogen-bond donors (Lipinski definition) is 0. The Hall–Kier alpha value is -0.280. The van der Waals surface area contributed by atoms with Crippen LogP contribution in [-0.2, 0) is 9.53 Å². The van der Waals surface area contributed by atoms with E-state index in [2.05, 4.69) is 13.8 Å². The molecule has 1 heterocycles. The van der Waals surface area contributed by atoms with Crippen molar-refractivity contribution in [3.05, 3.63) is 0 Å². The van der Waals surface area contributed by atoms with E-state index in [9.17, 15) is 4.79 Å². The van der Waals surface area contributed by atoms with Gasteiger partial charge in [-0.3, -0.25) is 4.79 Å². The largest absolute Gasteiger partial charge is 0.377 e. The van der Waals surface area contributed by atoms with E-state index >= 15 is 0 Å². The van der Waals surface area contributed by atoms with Gasteiger partial charge >= 0.3 is 0 Å². The van der Waals surface area contributed by atoms with Crippen LogP contribution in [0.25, 0.3) is 0 Å². The minimum absolute atomic E-state index is 0.294. The fraction of sp³-hybridized carbons (Fsp3) is 0.923. The Morgan fingerprint density at radius 1 is 1.41 bits per heavy atom. The van der Waals surface area contributed by atoms with E-state index < -0.39 is 0 Å². The number of hydrogen-bond acceptors (Lipinski definition) is 2. The van der Waals surface area contributed by atoms with Crippen molar-refractivity contribution in [2.75, 3.05) is 25.6 Å². The highest BCUT2D eigenvalue weighted by Gasteiger charge is 2.22. The van der Waals surface area contributed by atoms with Crippen molar-refractivity contribution in [1.29, 1.82) is 0 Å². The van der Waals surface area contributed by atoms with Gasteiger partial charge in [0.2, 0.25) is 5.91 Å². The fourth-order valence-corrected chi connectivity index (χ4v) is 2.14. The van der Waals surface area contributed by atoms with Gasteiger partial charge in [-0.15, -0.1) is 11.6 Å². The van der Waals surface area contributed by atoms with Crippen molar-refractivity contribution in [3.8, 4) is 0 Å². The SMILES string of the molecule is CC(C)CCC(=O)N1CCC(OCCCl)CC1. The molecule has 4 heteroatoms. The van der Waals surface area contributed by atoms with Crippen LogP contribution < -0.4 is 0 Å². The zero-order valence-corrected chi connectivity index (χ0v) is 11.7. The molecule has 0 aromatic rings. The van der Waals surface area contributed by atoms with Crippen LogP contribution in [0.15, 0.2) is 0 Å². The van der Waals surface area contributed by atoms with Crippen LogP contribution in [0.3, 0.4) is 0 Å². The number of nitrogens with zero attached hydrogens (tertiary/aromatic N) is 1. The molecular weight excluding hydrogens is 238 g/mol. The molecule has 0 aromatic carbocycles. The Morgan fingerprint density at radius 3 is 2.59 bits per heavy atom. The number of alkyl halides is 1. The van der Waals surface area contributed by atoms with Crippen LogP contribution in [0, 0.1) is 5.92 Å². The molecule has 1 aliphatic heterocycles. The summed E-state index contributed by atoms with van der Waals surface area (Å²) >= 11 is 5.58. The van der Waals surface area contributed by atoms with E-state index in [1.807, 2.05) is 4.90 Å². The first-order valence-corrected chi connectivity index (χ1v) is 7.12. The average molecular weight is 262 g/mol. The molecule has 100 valence electrons. The molecule has 0 aliphatic carbocycles. The third kappa shape index (κ3) is 5.73. The van der Waals surface area contributed by atoms with Gasteiger partial charge in [0.15, 0.2) is 0 Å². The number of carbonyl (C=O) groups excluding carboxylic acids is 1. The van der Waals surface area contributed by atoms with Crippen LogP contribution in [0.1, 0.15) is 39.5 Å². The van der Waals surface area contributed by atoms with Gasteiger partial charge in [0.05, 0.1) is 12.7 Å². The molecule has 17 heavy (non-hydrogen) atoms. The van der Waals surface area contributed by atoms with E-state index in [0.29, 0.717) is 36.8 Å². The zero-order valence-electron chi connectivity index (χ0n) is 11.0. The van der Waals surface area contributed by atoms with Crippen molar-refractivity contribution >= 4 is 17.5 Å². The maximum absolute atomic E-state index is 11.9. The van der Waals surface area contributed by atoms with Gasteiger partial charge in [-0.25, -0.2) is 0 Å². The molecule has 1 saturated heterocycles. The molecule has 1 rings (SSSR count). The molecule has 0 bridgehead atoms. The summed E-state index contributed by atoms with van der Waals surface area (Å²) in [6, 6.07) is 0. The fourth-order valence-electron chi connectivity index (χ4n) is 2.05. The molecule has 1 aliphatic rings. The molecule has 0 N–H and O–H groups in total. The highest BCUT2D eigenvalue weighted by Crippen LogP contribution is 2.16. The van der Waals surface area contributed by atoms with Crippen molar-refractivity contribution in [3.63, 3.8) is 0 Å². The predicted molar refractivity (Wildman–Crippen MR) is 70.3 cm³/mol. The second-order valence-electron chi connectivity index (χ2n) is 5.07. The van der Waals surface area contributed by atoms with Crippen LogP contribution in [0.2, 0.25) is 0 Å². The normalized spacial score (nSPS) is 17.8. The monoisotopic (exact) mass is 261 g/mol. The Balaban J connectivity index is 2.19. The average Bonchev–Trinajstić information content (AvgIpc) is 2.34. The first-order valence-electron chi connectivity index (χ1n) is 6.58. The molecule has 0 saturated carbocycles. The number of piperidine rings is 1. The summed E-state index contributed by atoms with van der Waals surface area (Å²) in [4.78, 5) is 13.9. The summed E-state index contributed by atoms with van der Waals surface area (Å²) in [5.41, 5.74) is 0. The molecule has 0 spiro atoms. The number of halogens is 1. The van der Waals surface area contributed by atoms with Gasteiger partial charge in [0.1, 0.15) is 0 Å². The van der Waals surface area contributed by atoms with Gasteiger partial charge in [-0.05, 0) is 25.2 Å². The number of ether oxygens (including phenoxy) is 1. The summed E-state index contributed by atoms with van der Waals surface area (Å²) in [5.74, 6) is 1.45. The molecule has 0 atom stereocenters. The molecule has 3 nitrogen and oxygen atoms in total. The highest BCUT2D eigenvalue weighted by atomic mass is 35.5. The van der Waals surface area contributed by atoms with E-state index in [0.717, 1.165) is 32.4 Å². The van der Waals surface area contributed by atoms with Crippen molar-refractivity contribution in [2.24, 2.45) is 5.92 Å². The van der Waals surface area contributed by atoms with Crippen molar-refractivity contribution in [2.45, 2.75) is 45.6 Å². The van der Waals surface area contributed by atoms with Gasteiger partial charge in [0, 0.05) is 25.4 Å². The van der Waals surface area contributed by atoms with Crippen molar-refractivity contribution in [1.82, 2.24) is 4.90 Å². The molecule has 0 unspecified atom stereocenters. The maximum atomic E-state index is 11.9. The Labute approximate surface area is 109 Å². The maximum Gasteiger partial charge on any atom is 0.222 e. The van der Waals surface area contributed by atoms with E-state index in [4.69, 9.17) is 16.3 Å². The topological polar surface area (TPSA) is 29.5 Å². The summed E-state index contributed by atoms with van der Waals surface area (Å²) in [7, 11) is 0. The quantitative estimate of drug-likeness (QED) is 0.688. The minimum atomic E-state index is 0.294. The molecule has 0 aromatic heterocycles. The van der Waals surface area contributed by atoms with Crippen LogP contribution in [0.5, 0.6) is 0 Å². The lowest BCUT2D eigenvalue weighted by molar-refractivity contribution is -0.134. The lowest BCUT2D eigenvalue weighted by atomic mass is 10.0. The number of amides is 1. The van der Waals surface area contributed by atoms with Crippen LogP contribution in [-0.4, -0.2) is 42.5 Å². The molecule has 0 radical (unpaired) electrons. The second-order valence-corrected chi connectivity index (χ2v) is 5.45. The minimum Gasteiger partial charge on any atom is -0.377 e. The second kappa shape index (κ2) is 7.93. The zero-order chi connectivity index (χ0) is 12.7. The molecule has 1 fully saturated rings.